The summed E-state index contributed by atoms with van der Waals surface area (Å²) < 4.78 is 25.2. The van der Waals surface area contributed by atoms with Crippen molar-refractivity contribution in [3.63, 3.8) is 0 Å². The molecule has 0 N–H and O–H groups in total. The molecule has 0 aromatic heterocycles. The lowest BCUT2D eigenvalue weighted by atomic mass is 10.2. The summed E-state index contributed by atoms with van der Waals surface area (Å²) in [5.74, 6) is -0.696. The Morgan fingerprint density at radius 3 is 2.60 bits per heavy atom. The lowest BCUT2D eigenvalue weighted by Crippen LogP contribution is -2.31. The fourth-order valence-electron chi connectivity index (χ4n) is 1.96. The van der Waals surface area contributed by atoms with Crippen molar-refractivity contribution in [2.45, 2.75) is 17.7 Å². The summed E-state index contributed by atoms with van der Waals surface area (Å²) in [6.07, 6.45) is 1.27. The third-order valence-electron chi connectivity index (χ3n) is 2.94. The van der Waals surface area contributed by atoms with Crippen LogP contribution in [0.5, 0.6) is 0 Å². The molecule has 0 saturated carbocycles. The minimum atomic E-state index is -3.87. The molecule has 1 aliphatic rings. The van der Waals surface area contributed by atoms with Crippen molar-refractivity contribution in [2.75, 3.05) is 11.9 Å². The Kier molecular flexibility index (Phi) is 4.09. The second kappa shape index (κ2) is 5.49. The number of hydrogen-bond donors (Lipinski definition) is 0. The van der Waals surface area contributed by atoms with Crippen LogP contribution < -0.4 is 0 Å². The van der Waals surface area contributed by atoms with Crippen LogP contribution in [0.25, 0.3) is 0 Å². The van der Waals surface area contributed by atoms with E-state index < -0.39 is 20.9 Å². The van der Waals surface area contributed by atoms with E-state index in [4.69, 9.17) is 0 Å². The smallest absolute Gasteiger partial charge is 0.268 e. The molecule has 1 aromatic rings. The minimum absolute atomic E-state index is 0.0786. The summed E-state index contributed by atoms with van der Waals surface area (Å²) in [4.78, 5) is 22.0. The van der Waals surface area contributed by atoms with Crippen LogP contribution in [-0.4, -0.2) is 35.4 Å². The molecule has 0 bridgehead atoms. The monoisotopic (exact) mass is 362 g/mol. The molecule has 1 amide bonds. The first-order chi connectivity index (χ1) is 9.39. The molecule has 7 nitrogen and oxygen atoms in total. The number of amides is 1. The van der Waals surface area contributed by atoms with E-state index >= 15 is 0 Å². The van der Waals surface area contributed by atoms with Crippen LogP contribution in [0.15, 0.2) is 23.1 Å². The number of carbonyl (C=O) groups is 1. The van der Waals surface area contributed by atoms with Gasteiger partial charge >= 0.3 is 0 Å². The lowest BCUT2D eigenvalue weighted by Gasteiger charge is -2.14. The number of unbranched alkanes of at least 4 members (excludes halogenated alkanes) is 1. The Morgan fingerprint density at radius 1 is 1.30 bits per heavy atom. The average molecular weight is 363 g/mol. The summed E-state index contributed by atoms with van der Waals surface area (Å²) in [5.41, 5.74) is -0.423. The Labute approximate surface area is 123 Å². The number of nitro benzene ring substituents is 1. The van der Waals surface area contributed by atoms with Crippen molar-refractivity contribution < 1.29 is 18.1 Å². The van der Waals surface area contributed by atoms with E-state index in [0.717, 1.165) is 28.9 Å². The number of carbonyl (C=O) groups excluding carboxylic acids is 1. The first-order valence-corrected chi connectivity index (χ1v) is 8.37. The molecule has 0 aliphatic carbocycles. The third-order valence-corrected chi connectivity index (χ3v) is 5.34. The van der Waals surface area contributed by atoms with E-state index in [-0.39, 0.29) is 22.7 Å². The topological polar surface area (TPSA) is 97.6 Å². The Bertz CT molecular complexity index is 673. The summed E-state index contributed by atoms with van der Waals surface area (Å²) in [7, 11) is -3.87. The van der Waals surface area contributed by atoms with Crippen molar-refractivity contribution in [2.24, 2.45) is 0 Å². The molecule has 0 radical (unpaired) electrons. The number of rotatable bonds is 5. The molecule has 0 saturated heterocycles. The van der Waals surface area contributed by atoms with Gasteiger partial charge in [-0.25, -0.2) is 12.7 Å². The van der Waals surface area contributed by atoms with Crippen molar-refractivity contribution >= 4 is 37.5 Å². The van der Waals surface area contributed by atoms with Gasteiger partial charge in [0.25, 0.3) is 21.6 Å². The number of halogens is 1. The van der Waals surface area contributed by atoms with Crippen molar-refractivity contribution in [3.05, 3.63) is 33.9 Å². The first-order valence-electron chi connectivity index (χ1n) is 5.81. The number of alkyl halides is 1. The van der Waals surface area contributed by atoms with Crippen LogP contribution in [0.1, 0.15) is 23.2 Å². The minimum Gasteiger partial charge on any atom is -0.268 e. The summed E-state index contributed by atoms with van der Waals surface area (Å²) >= 11 is 3.23. The highest BCUT2D eigenvalue weighted by molar-refractivity contribution is 9.09. The largest absolute Gasteiger partial charge is 0.270 e. The molecule has 0 spiro atoms. The summed E-state index contributed by atoms with van der Waals surface area (Å²) in [5, 5.41) is 11.4. The lowest BCUT2D eigenvalue weighted by molar-refractivity contribution is -0.384. The molecule has 1 aromatic carbocycles. The summed E-state index contributed by atoms with van der Waals surface area (Å²) in [6.45, 7) is 0.0786. The zero-order valence-electron chi connectivity index (χ0n) is 10.3. The molecular weight excluding hydrogens is 352 g/mol. The van der Waals surface area contributed by atoms with Crippen LogP contribution in [0.3, 0.4) is 0 Å². The van der Waals surface area contributed by atoms with Crippen LogP contribution >= 0.6 is 15.9 Å². The molecule has 1 heterocycles. The van der Waals surface area contributed by atoms with Crippen LogP contribution in [0.4, 0.5) is 5.69 Å². The standard InChI is InChI=1S/C11H11BrN2O5S/c12-5-1-2-6-13-11(15)9-7-8(14(16)17)3-4-10(9)20(13,18)19/h3-4,7H,1-2,5-6H2. The van der Waals surface area contributed by atoms with Gasteiger partial charge in [0.2, 0.25) is 0 Å². The van der Waals surface area contributed by atoms with Crippen LogP contribution in [0, 0.1) is 10.1 Å². The highest BCUT2D eigenvalue weighted by atomic mass is 79.9. The van der Waals surface area contributed by atoms with Gasteiger partial charge in [-0.15, -0.1) is 0 Å². The second-order valence-corrected chi connectivity index (χ2v) is 6.84. The van der Waals surface area contributed by atoms with Gasteiger partial charge in [-0.3, -0.25) is 14.9 Å². The fourth-order valence-corrected chi connectivity index (χ4v) is 3.94. The molecule has 2 rings (SSSR count). The van der Waals surface area contributed by atoms with Crippen molar-refractivity contribution in [3.8, 4) is 0 Å². The summed E-state index contributed by atoms with van der Waals surface area (Å²) in [6, 6.07) is 3.22. The molecule has 0 unspecified atom stereocenters. The number of nitrogens with zero attached hydrogens (tertiary/aromatic N) is 2. The molecule has 0 atom stereocenters. The van der Waals surface area contributed by atoms with Gasteiger partial charge < -0.3 is 0 Å². The first kappa shape index (κ1) is 14.9. The number of sulfonamides is 1. The molecule has 9 heteroatoms. The average Bonchev–Trinajstić information content (AvgIpc) is 2.59. The molecule has 1 aliphatic heterocycles. The predicted molar refractivity (Wildman–Crippen MR) is 74.3 cm³/mol. The van der Waals surface area contributed by atoms with Crippen LogP contribution in [0.2, 0.25) is 0 Å². The Balaban J connectivity index is 2.39. The number of non-ortho nitro benzene ring substituents is 1. The van der Waals surface area contributed by atoms with Crippen molar-refractivity contribution in [1.82, 2.24) is 4.31 Å². The fraction of sp³-hybridized carbons (Fsp3) is 0.364. The molecule has 108 valence electrons. The molecule has 0 fully saturated rings. The highest BCUT2D eigenvalue weighted by Gasteiger charge is 2.41. The van der Waals surface area contributed by atoms with Gasteiger partial charge in [0.1, 0.15) is 4.90 Å². The van der Waals surface area contributed by atoms with Gasteiger partial charge in [0, 0.05) is 24.0 Å². The van der Waals surface area contributed by atoms with Crippen molar-refractivity contribution in [1.29, 1.82) is 0 Å². The maximum atomic E-state index is 12.2. The van der Waals surface area contributed by atoms with E-state index in [2.05, 4.69) is 15.9 Å². The number of hydrogen-bond acceptors (Lipinski definition) is 5. The maximum absolute atomic E-state index is 12.2. The van der Waals surface area contributed by atoms with E-state index in [1.165, 1.54) is 0 Å². The van der Waals surface area contributed by atoms with E-state index in [1.807, 2.05) is 0 Å². The molecular formula is C11H11BrN2O5S. The SMILES string of the molecule is O=C1c2cc([N+](=O)[O-])ccc2S(=O)(=O)N1CCCCBr. The predicted octanol–water partition coefficient (Wildman–Crippen LogP) is 1.91. The van der Waals surface area contributed by atoms with Gasteiger partial charge in [0.05, 0.1) is 10.5 Å². The molecule has 20 heavy (non-hydrogen) atoms. The second-order valence-electron chi connectivity index (χ2n) is 4.22. The third kappa shape index (κ3) is 2.42. The van der Waals surface area contributed by atoms with Gasteiger partial charge in [0.15, 0.2) is 0 Å². The number of nitro groups is 1. The Hall–Kier alpha value is -1.48. The van der Waals surface area contributed by atoms with Gasteiger partial charge in [-0.05, 0) is 18.9 Å². The zero-order chi connectivity index (χ0) is 14.9. The van der Waals surface area contributed by atoms with E-state index in [9.17, 15) is 23.3 Å². The van der Waals surface area contributed by atoms with Gasteiger partial charge in [-0.1, -0.05) is 15.9 Å². The quantitative estimate of drug-likeness (QED) is 0.345. The highest BCUT2D eigenvalue weighted by Crippen LogP contribution is 2.32. The maximum Gasteiger partial charge on any atom is 0.270 e. The van der Waals surface area contributed by atoms with Crippen LogP contribution in [-0.2, 0) is 10.0 Å². The van der Waals surface area contributed by atoms with E-state index in [0.29, 0.717) is 11.8 Å². The zero-order valence-corrected chi connectivity index (χ0v) is 12.7. The Morgan fingerprint density at radius 2 is 2.00 bits per heavy atom. The van der Waals surface area contributed by atoms with Gasteiger partial charge in [-0.2, -0.15) is 0 Å². The number of benzene rings is 1. The number of fused-ring (bicyclic) bond motifs is 1. The normalized spacial score (nSPS) is 16.2. The van der Waals surface area contributed by atoms with E-state index in [1.54, 1.807) is 0 Å².